The van der Waals surface area contributed by atoms with Gasteiger partial charge in [0.15, 0.2) is 16.6 Å². The van der Waals surface area contributed by atoms with Crippen molar-refractivity contribution in [2.75, 3.05) is 25.7 Å². The number of thiazole rings is 1. The minimum Gasteiger partial charge on any atom is -0.507 e. The molecule has 5 rings (SSSR count). The summed E-state index contributed by atoms with van der Waals surface area (Å²) in [6.07, 6.45) is 0. The highest BCUT2D eigenvalue weighted by molar-refractivity contribution is 7.22. The molecule has 1 saturated heterocycles. The quantitative estimate of drug-likeness (QED) is 0.162. The highest BCUT2D eigenvalue weighted by Crippen LogP contribution is 2.46. The molecule has 1 atom stereocenters. The van der Waals surface area contributed by atoms with Crippen LogP contribution in [0.25, 0.3) is 16.0 Å². The second kappa shape index (κ2) is 10.7. The fourth-order valence-electron chi connectivity index (χ4n) is 5.12. The van der Waals surface area contributed by atoms with Crippen molar-refractivity contribution in [3.63, 3.8) is 0 Å². The summed E-state index contributed by atoms with van der Waals surface area (Å²) in [6.45, 7) is 8.12. The van der Waals surface area contributed by atoms with Crippen molar-refractivity contribution in [1.82, 2.24) is 4.98 Å². The summed E-state index contributed by atoms with van der Waals surface area (Å²) in [6, 6.07) is 13.4. The van der Waals surface area contributed by atoms with Crippen LogP contribution in [-0.2, 0) is 9.59 Å². The Balaban J connectivity index is 1.75. The molecule has 206 valence electrons. The lowest BCUT2D eigenvalue weighted by molar-refractivity contribution is -0.132. The van der Waals surface area contributed by atoms with E-state index >= 15 is 0 Å². The maximum absolute atomic E-state index is 13.7. The summed E-state index contributed by atoms with van der Waals surface area (Å²) < 4.78 is 17.5. The molecule has 0 radical (unpaired) electrons. The molecule has 1 aliphatic heterocycles. The SMILES string of the molecule is CCOc1ccc([C@H]2/C(=C(\O)c3ccc(OC)c(C)c3)C(=O)C(=O)N2c2nc3c(C)cc(C)cc3s2)cc1OC. The van der Waals surface area contributed by atoms with E-state index in [9.17, 15) is 14.7 Å². The van der Waals surface area contributed by atoms with E-state index in [-0.39, 0.29) is 11.3 Å². The number of Topliss-reactive ketones (excluding diaryl/α,β-unsaturated/α-hetero) is 1. The van der Waals surface area contributed by atoms with Gasteiger partial charge in [-0.05, 0) is 86.3 Å². The van der Waals surface area contributed by atoms with Gasteiger partial charge in [-0.3, -0.25) is 14.5 Å². The van der Waals surface area contributed by atoms with Gasteiger partial charge in [0.05, 0.1) is 42.7 Å². The zero-order valence-electron chi connectivity index (χ0n) is 23.2. The lowest BCUT2D eigenvalue weighted by atomic mass is 9.94. The number of methoxy groups -OCH3 is 2. The van der Waals surface area contributed by atoms with Gasteiger partial charge in [-0.25, -0.2) is 4.98 Å². The zero-order valence-corrected chi connectivity index (χ0v) is 24.0. The Kier molecular flexibility index (Phi) is 7.25. The first-order valence-electron chi connectivity index (χ1n) is 12.8. The molecule has 2 heterocycles. The number of anilines is 1. The van der Waals surface area contributed by atoms with Gasteiger partial charge in [0.1, 0.15) is 11.5 Å². The smallest absolute Gasteiger partial charge is 0.301 e. The number of carbonyl (C=O) groups is 2. The fourth-order valence-corrected chi connectivity index (χ4v) is 6.29. The highest BCUT2D eigenvalue weighted by atomic mass is 32.1. The molecule has 1 aliphatic rings. The first kappa shape index (κ1) is 27.2. The number of ketones is 1. The number of aryl methyl sites for hydroxylation is 3. The Morgan fingerprint density at radius 2 is 1.68 bits per heavy atom. The first-order chi connectivity index (χ1) is 19.2. The number of amides is 1. The highest BCUT2D eigenvalue weighted by Gasteiger charge is 2.48. The number of aromatic nitrogens is 1. The predicted octanol–water partition coefficient (Wildman–Crippen LogP) is 6.26. The standard InChI is InChI=1S/C31H30N2O6S/c1-7-39-22-11-8-19(15-23(22)38-6)27-25(28(34)20-9-10-21(37-5)17(3)14-20)29(35)30(36)33(27)31-32-26-18(4)12-16(2)13-24(26)40-31/h8-15,27,34H,7H2,1-6H3/b28-25+/t27-/m0/s1. The van der Waals surface area contributed by atoms with Gasteiger partial charge in [-0.1, -0.05) is 23.5 Å². The summed E-state index contributed by atoms with van der Waals surface area (Å²) >= 11 is 1.33. The van der Waals surface area contributed by atoms with Gasteiger partial charge in [0.2, 0.25) is 0 Å². The number of ether oxygens (including phenoxy) is 3. The third-order valence-electron chi connectivity index (χ3n) is 6.94. The molecule has 1 amide bonds. The van der Waals surface area contributed by atoms with E-state index in [0.717, 1.165) is 26.9 Å². The van der Waals surface area contributed by atoms with Gasteiger partial charge < -0.3 is 19.3 Å². The Bertz CT molecular complexity index is 1690. The van der Waals surface area contributed by atoms with Crippen LogP contribution in [0, 0.1) is 20.8 Å². The van der Waals surface area contributed by atoms with Gasteiger partial charge in [-0.2, -0.15) is 0 Å². The van der Waals surface area contributed by atoms with Crippen molar-refractivity contribution < 1.29 is 28.9 Å². The van der Waals surface area contributed by atoms with E-state index in [2.05, 4.69) is 0 Å². The summed E-state index contributed by atoms with van der Waals surface area (Å²) in [7, 11) is 3.09. The summed E-state index contributed by atoms with van der Waals surface area (Å²) in [5.74, 6) is -0.222. The van der Waals surface area contributed by atoms with Crippen LogP contribution in [-0.4, -0.2) is 42.6 Å². The van der Waals surface area contributed by atoms with E-state index in [0.29, 0.717) is 40.1 Å². The molecule has 9 heteroatoms. The van der Waals surface area contributed by atoms with Crippen LogP contribution in [0.1, 0.15) is 40.8 Å². The molecular weight excluding hydrogens is 528 g/mol. The monoisotopic (exact) mass is 558 g/mol. The number of hydrogen-bond donors (Lipinski definition) is 1. The van der Waals surface area contributed by atoms with Crippen LogP contribution in [0.2, 0.25) is 0 Å². The van der Waals surface area contributed by atoms with Crippen molar-refractivity contribution >= 4 is 44.1 Å². The first-order valence-corrected chi connectivity index (χ1v) is 13.6. The zero-order chi connectivity index (χ0) is 28.7. The Morgan fingerprint density at radius 1 is 0.950 bits per heavy atom. The van der Waals surface area contributed by atoms with E-state index < -0.39 is 17.7 Å². The van der Waals surface area contributed by atoms with Gasteiger partial charge in [-0.15, -0.1) is 0 Å². The molecule has 0 aliphatic carbocycles. The molecular formula is C31H30N2O6S. The molecule has 0 saturated carbocycles. The van der Waals surface area contributed by atoms with Gasteiger partial charge >= 0.3 is 5.91 Å². The van der Waals surface area contributed by atoms with Crippen LogP contribution >= 0.6 is 11.3 Å². The largest absolute Gasteiger partial charge is 0.507 e. The van der Waals surface area contributed by atoms with E-state index in [1.165, 1.54) is 23.3 Å². The number of aliphatic hydroxyl groups excluding tert-OH is 1. The van der Waals surface area contributed by atoms with Gasteiger partial charge in [0.25, 0.3) is 5.78 Å². The molecule has 1 N–H and O–H groups in total. The number of fused-ring (bicyclic) bond motifs is 1. The molecule has 0 bridgehead atoms. The van der Waals surface area contributed by atoms with E-state index in [1.807, 2.05) is 39.8 Å². The maximum atomic E-state index is 13.7. The number of rotatable bonds is 7. The van der Waals surface area contributed by atoms with Crippen molar-refractivity contribution in [2.45, 2.75) is 33.7 Å². The van der Waals surface area contributed by atoms with Crippen molar-refractivity contribution in [3.05, 3.63) is 81.9 Å². The summed E-state index contributed by atoms with van der Waals surface area (Å²) in [5.41, 5.74) is 4.52. The third-order valence-corrected chi connectivity index (χ3v) is 7.94. The second-order valence-corrected chi connectivity index (χ2v) is 10.6. The minimum absolute atomic E-state index is 0.0343. The summed E-state index contributed by atoms with van der Waals surface area (Å²) in [5, 5.41) is 11.9. The average molecular weight is 559 g/mol. The molecule has 3 aromatic carbocycles. The normalized spacial score (nSPS) is 16.6. The van der Waals surface area contributed by atoms with Crippen molar-refractivity contribution in [1.29, 1.82) is 0 Å². The number of hydrogen-bond acceptors (Lipinski definition) is 8. The van der Waals surface area contributed by atoms with Crippen LogP contribution in [0.5, 0.6) is 17.2 Å². The third kappa shape index (κ3) is 4.56. The molecule has 8 nitrogen and oxygen atoms in total. The number of aliphatic hydroxyl groups is 1. The Morgan fingerprint density at radius 3 is 2.35 bits per heavy atom. The van der Waals surface area contributed by atoms with Crippen molar-refractivity contribution in [2.24, 2.45) is 0 Å². The number of nitrogens with zero attached hydrogens (tertiary/aromatic N) is 2. The fraction of sp³-hybridized carbons (Fsp3) is 0.258. The molecule has 40 heavy (non-hydrogen) atoms. The summed E-state index contributed by atoms with van der Waals surface area (Å²) in [4.78, 5) is 33.5. The topological polar surface area (TPSA) is 98.2 Å². The number of benzene rings is 3. The van der Waals surface area contributed by atoms with E-state index in [4.69, 9.17) is 19.2 Å². The van der Waals surface area contributed by atoms with Gasteiger partial charge in [0, 0.05) is 5.56 Å². The molecule has 4 aromatic rings. The predicted molar refractivity (Wildman–Crippen MR) is 156 cm³/mol. The Hall–Kier alpha value is -4.37. The minimum atomic E-state index is -0.950. The average Bonchev–Trinajstić information content (AvgIpc) is 3.47. The van der Waals surface area contributed by atoms with Crippen LogP contribution in [0.15, 0.2) is 54.1 Å². The molecule has 1 fully saturated rings. The molecule has 0 unspecified atom stereocenters. The van der Waals surface area contributed by atoms with Crippen LogP contribution < -0.4 is 19.1 Å². The maximum Gasteiger partial charge on any atom is 0.301 e. The van der Waals surface area contributed by atoms with Crippen molar-refractivity contribution in [3.8, 4) is 17.2 Å². The Labute approximate surface area is 236 Å². The van der Waals surface area contributed by atoms with Crippen LogP contribution in [0.3, 0.4) is 0 Å². The van der Waals surface area contributed by atoms with Crippen LogP contribution in [0.4, 0.5) is 5.13 Å². The molecule has 1 aromatic heterocycles. The lowest BCUT2D eigenvalue weighted by Crippen LogP contribution is -2.29. The lowest BCUT2D eigenvalue weighted by Gasteiger charge is -2.24. The van der Waals surface area contributed by atoms with E-state index in [1.54, 1.807) is 43.5 Å². The molecule has 0 spiro atoms. The number of carbonyl (C=O) groups excluding carboxylic acids is 2. The second-order valence-electron chi connectivity index (χ2n) is 9.62.